The van der Waals surface area contributed by atoms with Crippen LogP contribution in [0.15, 0.2) is 78.0 Å². The normalized spacial score (nSPS) is 10.8. The van der Waals surface area contributed by atoms with Crippen molar-refractivity contribution < 1.29 is 18.3 Å². The molecule has 0 atom stereocenters. The Hall–Kier alpha value is -3.43. The maximum atomic E-state index is 13.4. The van der Waals surface area contributed by atoms with Crippen molar-refractivity contribution in [3.05, 3.63) is 95.3 Å². The number of thioether (sulfide) groups is 1. The first-order chi connectivity index (χ1) is 16.0. The molecule has 10 heteroatoms. The predicted molar refractivity (Wildman–Crippen MR) is 123 cm³/mol. The number of hydrogen-bond acceptors (Lipinski definition) is 5. The third kappa shape index (κ3) is 5.88. The first-order valence-corrected chi connectivity index (χ1v) is 11.1. The Bertz CT molecular complexity index is 1250. The van der Waals surface area contributed by atoms with Gasteiger partial charge in [0.15, 0.2) is 11.0 Å². The summed E-state index contributed by atoms with van der Waals surface area (Å²) in [6.45, 7) is 0.0982. The minimum Gasteiger partial charge on any atom is -0.484 e. The molecule has 4 aromatic rings. The number of nitrogens with one attached hydrogen (secondary N) is 1. The molecule has 6 nitrogen and oxygen atoms in total. The van der Waals surface area contributed by atoms with E-state index in [0.717, 1.165) is 35.6 Å². The van der Waals surface area contributed by atoms with Crippen LogP contribution in [-0.4, -0.2) is 26.4 Å². The summed E-state index contributed by atoms with van der Waals surface area (Å²) in [6, 6.07) is 19.3. The maximum absolute atomic E-state index is 13.4. The molecule has 0 fully saturated rings. The summed E-state index contributed by atoms with van der Waals surface area (Å²) in [7, 11) is 0. The van der Waals surface area contributed by atoms with Gasteiger partial charge in [0.25, 0.3) is 0 Å². The summed E-state index contributed by atoms with van der Waals surface area (Å²) in [5, 5.41) is 11.8. The molecule has 0 saturated heterocycles. The van der Waals surface area contributed by atoms with Gasteiger partial charge in [-0.3, -0.25) is 9.36 Å². The number of carbonyl (C=O) groups is 1. The number of amides is 1. The van der Waals surface area contributed by atoms with E-state index in [1.54, 1.807) is 22.8 Å². The number of benzene rings is 3. The van der Waals surface area contributed by atoms with Crippen molar-refractivity contribution in [3.8, 4) is 11.4 Å². The third-order valence-corrected chi connectivity index (χ3v) is 5.63. The highest BCUT2D eigenvalue weighted by molar-refractivity contribution is 7.99. The van der Waals surface area contributed by atoms with E-state index < -0.39 is 17.5 Å². The molecule has 0 bridgehead atoms. The van der Waals surface area contributed by atoms with Gasteiger partial charge in [-0.2, -0.15) is 0 Å². The fourth-order valence-electron chi connectivity index (χ4n) is 2.98. The molecule has 4 rings (SSSR count). The Morgan fingerprint density at radius 2 is 1.70 bits per heavy atom. The number of para-hydroxylation sites is 2. The Balaban J connectivity index is 1.50. The molecule has 0 aliphatic carbocycles. The first kappa shape index (κ1) is 22.8. The lowest BCUT2D eigenvalue weighted by Crippen LogP contribution is -2.15. The van der Waals surface area contributed by atoms with E-state index in [1.807, 2.05) is 36.4 Å². The van der Waals surface area contributed by atoms with Gasteiger partial charge in [0.2, 0.25) is 5.91 Å². The van der Waals surface area contributed by atoms with E-state index in [9.17, 15) is 13.6 Å². The van der Waals surface area contributed by atoms with Crippen molar-refractivity contribution in [1.82, 2.24) is 14.8 Å². The average Bonchev–Trinajstić information content (AvgIpc) is 3.20. The Morgan fingerprint density at radius 3 is 2.42 bits per heavy atom. The molecule has 0 aliphatic heterocycles. The van der Waals surface area contributed by atoms with Crippen LogP contribution in [0.4, 0.5) is 14.5 Å². The van der Waals surface area contributed by atoms with Gasteiger partial charge in [0.1, 0.15) is 24.0 Å². The zero-order chi connectivity index (χ0) is 23.2. The van der Waals surface area contributed by atoms with Crippen LogP contribution in [0.3, 0.4) is 0 Å². The third-order valence-electron chi connectivity index (χ3n) is 4.39. The molecule has 1 heterocycles. The highest BCUT2D eigenvalue weighted by Crippen LogP contribution is 2.26. The van der Waals surface area contributed by atoms with Gasteiger partial charge in [0, 0.05) is 17.4 Å². The number of aromatic nitrogens is 3. The number of halogens is 3. The van der Waals surface area contributed by atoms with E-state index in [1.165, 1.54) is 0 Å². The van der Waals surface area contributed by atoms with Crippen molar-refractivity contribution in [2.24, 2.45) is 0 Å². The number of hydrogen-bond donors (Lipinski definition) is 1. The zero-order valence-electron chi connectivity index (χ0n) is 17.0. The molecule has 0 aliphatic rings. The molecule has 1 aromatic heterocycles. The number of ether oxygens (including phenoxy) is 1. The van der Waals surface area contributed by atoms with E-state index in [0.29, 0.717) is 21.8 Å². The molecule has 3 aromatic carbocycles. The summed E-state index contributed by atoms with van der Waals surface area (Å²) in [5.41, 5.74) is 0.826. The van der Waals surface area contributed by atoms with Crippen LogP contribution in [0.2, 0.25) is 5.02 Å². The zero-order valence-corrected chi connectivity index (χ0v) is 18.6. The Labute approximate surface area is 197 Å². The molecule has 0 spiro atoms. The fraction of sp³-hybridized carbons (Fsp3) is 0.0870. The van der Waals surface area contributed by atoms with Crippen molar-refractivity contribution in [1.29, 1.82) is 0 Å². The molecule has 1 amide bonds. The minimum atomic E-state index is -0.773. The summed E-state index contributed by atoms with van der Waals surface area (Å²) < 4.78 is 34.3. The van der Waals surface area contributed by atoms with Gasteiger partial charge in [-0.15, -0.1) is 10.2 Å². The van der Waals surface area contributed by atoms with Gasteiger partial charge in [-0.05, 0) is 36.4 Å². The van der Waals surface area contributed by atoms with Crippen molar-refractivity contribution in [2.75, 3.05) is 11.1 Å². The smallest absolute Gasteiger partial charge is 0.234 e. The van der Waals surface area contributed by atoms with Crippen LogP contribution < -0.4 is 10.1 Å². The molecule has 168 valence electrons. The van der Waals surface area contributed by atoms with E-state index in [4.69, 9.17) is 16.3 Å². The quantitative estimate of drug-likeness (QED) is 0.333. The number of carbonyl (C=O) groups excluding carboxylic acids is 1. The van der Waals surface area contributed by atoms with Crippen molar-refractivity contribution in [3.63, 3.8) is 0 Å². The molecule has 0 saturated carbocycles. The van der Waals surface area contributed by atoms with Gasteiger partial charge in [0.05, 0.1) is 10.8 Å². The molecule has 1 N–H and O–H groups in total. The van der Waals surface area contributed by atoms with E-state index >= 15 is 0 Å². The standard InChI is InChI=1S/C23H17ClF2N4O2S/c24-19-8-4-5-9-20(19)32-13-21-28-29-23(30(21)18-6-2-1-3-7-18)33-14-22(31)27-17-11-15(25)10-16(26)12-17/h1-12H,13-14H2,(H,27,31). The second kappa shape index (κ2) is 10.5. The Morgan fingerprint density at radius 1 is 1.00 bits per heavy atom. The molecular weight excluding hydrogens is 470 g/mol. The minimum absolute atomic E-state index is 0.0384. The topological polar surface area (TPSA) is 69.0 Å². The lowest BCUT2D eigenvalue weighted by molar-refractivity contribution is -0.113. The largest absolute Gasteiger partial charge is 0.484 e. The number of rotatable bonds is 8. The summed E-state index contributed by atoms with van der Waals surface area (Å²) in [6.07, 6.45) is 0. The monoisotopic (exact) mass is 486 g/mol. The van der Waals surface area contributed by atoms with Gasteiger partial charge < -0.3 is 10.1 Å². The summed E-state index contributed by atoms with van der Waals surface area (Å²) in [5.74, 6) is -1.01. The Kier molecular flexibility index (Phi) is 7.21. The summed E-state index contributed by atoms with van der Waals surface area (Å²) in [4.78, 5) is 12.3. The van der Waals surface area contributed by atoms with Gasteiger partial charge in [-0.1, -0.05) is 53.7 Å². The van der Waals surface area contributed by atoms with Crippen molar-refractivity contribution in [2.45, 2.75) is 11.8 Å². The lowest BCUT2D eigenvalue weighted by atomic mass is 10.3. The predicted octanol–water partition coefficient (Wildman–Crippen LogP) is 5.51. The summed E-state index contributed by atoms with van der Waals surface area (Å²) >= 11 is 7.29. The van der Waals surface area contributed by atoms with E-state index in [2.05, 4.69) is 15.5 Å². The lowest BCUT2D eigenvalue weighted by Gasteiger charge is -2.12. The molecule has 33 heavy (non-hydrogen) atoms. The highest BCUT2D eigenvalue weighted by Gasteiger charge is 2.17. The second-order valence-corrected chi connectivity index (χ2v) is 8.13. The van der Waals surface area contributed by atoms with Crippen LogP contribution in [0.25, 0.3) is 5.69 Å². The first-order valence-electron chi connectivity index (χ1n) is 9.75. The van der Waals surface area contributed by atoms with Gasteiger partial charge >= 0.3 is 0 Å². The highest BCUT2D eigenvalue weighted by atomic mass is 35.5. The van der Waals surface area contributed by atoms with Crippen LogP contribution in [0.1, 0.15) is 5.82 Å². The molecular formula is C23H17ClF2N4O2S. The average molecular weight is 487 g/mol. The van der Waals surface area contributed by atoms with Crippen LogP contribution >= 0.6 is 23.4 Å². The van der Waals surface area contributed by atoms with Crippen LogP contribution in [0, 0.1) is 11.6 Å². The maximum Gasteiger partial charge on any atom is 0.234 e. The fourth-order valence-corrected chi connectivity index (χ4v) is 3.94. The number of nitrogens with zero attached hydrogens (tertiary/aromatic N) is 3. The van der Waals surface area contributed by atoms with Crippen LogP contribution in [-0.2, 0) is 11.4 Å². The van der Waals surface area contributed by atoms with Crippen LogP contribution in [0.5, 0.6) is 5.75 Å². The van der Waals surface area contributed by atoms with E-state index in [-0.39, 0.29) is 18.0 Å². The van der Waals surface area contributed by atoms with Gasteiger partial charge in [-0.25, -0.2) is 8.78 Å². The second-order valence-electron chi connectivity index (χ2n) is 6.78. The molecule has 0 radical (unpaired) electrons. The van der Waals surface area contributed by atoms with Crippen molar-refractivity contribution >= 4 is 35.0 Å². The molecule has 0 unspecified atom stereocenters. The number of anilines is 1. The SMILES string of the molecule is O=C(CSc1nnc(COc2ccccc2Cl)n1-c1ccccc1)Nc1cc(F)cc(F)c1.